The highest BCUT2D eigenvalue weighted by Gasteiger charge is 2.20. The maximum atomic E-state index is 12.1. The van der Waals surface area contributed by atoms with Gasteiger partial charge in [-0.25, -0.2) is 0 Å². The molecule has 0 aliphatic carbocycles. The van der Waals surface area contributed by atoms with Gasteiger partial charge in [-0.05, 0) is 25.5 Å². The fourth-order valence-electron chi connectivity index (χ4n) is 1.61. The van der Waals surface area contributed by atoms with Gasteiger partial charge in [-0.3, -0.25) is 9.59 Å². The average Bonchev–Trinajstić information content (AvgIpc) is 2.28. The van der Waals surface area contributed by atoms with Crippen LogP contribution in [0.3, 0.4) is 0 Å². The van der Waals surface area contributed by atoms with Gasteiger partial charge in [0.25, 0.3) is 0 Å². The summed E-state index contributed by atoms with van der Waals surface area (Å²) in [5.74, 6) is -1.18. The second kappa shape index (κ2) is 6.54. The van der Waals surface area contributed by atoms with Crippen molar-refractivity contribution < 1.29 is 14.7 Å². The van der Waals surface area contributed by atoms with Gasteiger partial charge in [0, 0.05) is 10.5 Å². The molecule has 0 bridgehead atoms. The Hall–Kier alpha value is -1.36. The van der Waals surface area contributed by atoms with Gasteiger partial charge in [0.2, 0.25) is 5.91 Å². The Morgan fingerprint density at radius 3 is 2.44 bits per heavy atom. The van der Waals surface area contributed by atoms with Gasteiger partial charge in [-0.15, -0.1) is 0 Å². The molecule has 1 rings (SSSR count). The summed E-state index contributed by atoms with van der Waals surface area (Å²) < 4.78 is 0.859. The van der Waals surface area contributed by atoms with Crippen molar-refractivity contribution in [2.75, 3.05) is 6.54 Å². The SMILES string of the molecule is CC(C)N(CC(=O)O)C(=O)Cc1ccccc1Br. The van der Waals surface area contributed by atoms with Crippen LogP contribution in [-0.2, 0) is 16.0 Å². The lowest BCUT2D eigenvalue weighted by Crippen LogP contribution is -2.41. The minimum Gasteiger partial charge on any atom is -0.480 e. The van der Waals surface area contributed by atoms with E-state index in [0.29, 0.717) is 0 Å². The quantitative estimate of drug-likeness (QED) is 0.907. The van der Waals surface area contributed by atoms with Crippen LogP contribution in [0, 0.1) is 0 Å². The number of aliphatic carboxylic acids is 1. The topological polar surface area (TPSA) is 57.6 Å². The van der Waals surface area contributed by atoms with Gasteiger partial charge in [0.05, 0.1) is 6.42 Å². The molecule has 1 N–H and O–H groups in total. The van der Waals surface area contributed by atoms with Crippen LogP contribution in [0.2, 0.25) is 0 Å². The number of hydrogen-bond donors (Lipinski definition) is 1. The summed E-state index contributed by atoms with van der Waals surface area (Å²) in [6, 6.07) is 7.30. The molecule has 0 spiro atoms. The number of amides is 1. The Balaban J connectivity index is 2.79. The highest BCUT2D eigenvalue weighted by molar-refractivity contribution is 9.10. The molecule has 0 fully saturated rings. The van der Waals surface area contributed by atoms with Gasteiger partial charge in [-0.1, -0.05) is 34.1 Å². The van der Waals surface area contributed by atoms with Gasteiger partial charge >= 0.3 is 5.97 Å². The van der Waals surface area contributed by atoms with Gasteiger partial charge in [-0.2, -0.15) is 0 Å². The molecule has 1 aromatic carbocycles. The summed E-state index contributed by atoms with van der Waals surface area (Å²) in [5, 5.41) is 8.80. The molecule has 0 aliphatic rings. The van der Waals surface area contributed by atoms with E-state index in [4.69, 9.17) is 5.11 Å². The number of carboxylic acids is 1. The fraction of sp³-hybridized carbons (Fsp3) is 0.385. The van der Waals surface area contributed by atoms with Gasteiger partial charge in [0.1, 0.15) is 6.54 Å². The van der Waals surface area contributed by atoms with E-state index in [1.807, 2.05) is 24.3 Å². The van der Waals surface area contributed by atoms with E-state index >= 15 is 0 Å². The normalized spacial score (nSPS) is 10.4. The zero-order chi connectivity index (χ0) is 13.7. The Kier molecular flexibility index (Phi) is 5.34. The predicted molar refractivity (Wildman–Crippen MR) is 72.3 cm³/mol. The molecule has 0 heterocycles. The summed E-state index contributed by atoms with van der Waals surface area (Å²) >= 11 is 3.37. The molecule has 0 radical (unpaired) electrons. The lowest BCUT2D eigenvalue weighted by Gasteiger charge is -2.25. The standard InChI is InChI=1S/C13H16BrNO3/c1-9(2)15(8-13(17)18)12(16)7-10-5-3-4-6-11(10)14/h3-6,9H,7-8H2,1-2H3,(H,17,18). The molecule has 0 atom stereocenters. The number of halogens is 1. The first-order valence-electron chi connectivity index (χ1n) is 5.66. The number of carbonyl (C=O) groups excluding carboxylic acids is 1. The van der Waals surface area contributed by atoms with Crippen LogP contribution >= 0.6 is 15.9 Å². The van der Waals surface area contributed by atoms with Gasteiger partial charge < -0.3 is 10.0 Å². The monoisotopic (exact) mass is 313 g/mol. The summed E-state index contributed by atoms with van der Waals surface area (Å²) in [6.07, 6.45) is 0.201. The second-order valence-electron chi connectivity index (χ2n) is 4.28. The zero-order valence-corrected chi connectivity index (χ0v) is 12.0. The summed E-state index contributed by atoms with van der Waals surface area (Å²) in [4.78, 5) is 24.2. The highest BCUT2D eigenvalue weighted by Crippen LogP contribution is 2.17. The maximum Gasteiger partial charge on any atom is 0.323 e. The number of hydrogen-bond acceptors (Lipinski definition) is 2. The summed E-state index contributed by atoms with van der Waals surface area (Å²) in [5.41, 5.74) is 0.860. The van der Waals surface area contributed by atoms with Crippen molar-refractivity contribution in [2.24, 2.45) is 0 Å². The van der Waals surface area contributed by atoms with E-state index in [1.165, 1.54) is 4.90 Å². The number of benzene rings is 1. The lowest BCUT2D eigenvalue weighted by atomic mass is 10.1. The molecule has 0 aliphatic heterocycles. The third kappa shape index (κ3) is 4.14. The molecule has 0 saturated carbocycles. The van der Waals surface area contributed by atoms with Crippen molar-refractivity contribution >= 4 is 27.8 Å². The van der Waals surface area contributed by atoms with Crippen LogP contribution in [-0.4, -0.2) is 34.5 Å². The number of carbonyl (C=O) groups is 2. The molecule has 4 nitrogen and oxygen atoms in total. The van der Waals surface area contributed by atoms with E-state index in [-0.39, 0.29) is 24.9 Å². The molecule has 18 heavy (non-hydrogen) atoms. The fourth-order valence-corrected chi connectivity index (χ4v) is 2.04. The van der Waals surface area contributed by atoms with E-state index in [9.17, 15) is 9.59 Å². The van der Waals surface area contributed by atoms with Crippen molar-refractivity contribution in [3.05, 3.63) is 34.3 Å². The zero-order valence-electron chi connectivity index (χ0n) is 10.4. The van der Waals surface area contributed by atoms with Crippen LogP contribution in [0.15, 0.2) is 28.7 Å². The number of carboxylic acid groups (broad SMARTS) is 1. The minimum atomic E-state index is -0.996. The summed E-state index contributed by atoms with van der Waals surface area (Å²) in [6.45, 7) is 3.35. The molecule has 1 amide bonds. The third-order valence-corrected chi connectivity index (χ3v) is 3.32. The van der Waals surface area contributed by atoms with Gasteiger partial charge in [0.15, 0.2) is 0 Å². The van der Waals surface area contributed by atoms with E-state index in [1.54, 1.807) is 13.8 Å². The molecule has 0 aromatic heterocycles. The van der Waals surface area contributed by atoms with Crippen molar-refractivity contribution in [1.29, 1.82) is 0 Å². The van der Waals surface area contributed by atoms with Crippen LogP contribution in [0.25, 0.3) is 0 Å². The highest BCUT2D eigenvalue weighted by atomic mass is 79.9. The summed E-state index contributed by atoms with van der Waals surface area (Å²) in [7, 11) is 0. The molecule has 0 saturated heterocycles. The van der Waals surface area contributed by atoms with Crippen LogP contribution in [0.5, 0.6) is 0 Å². The average molecular weight is 314 g/mol. The van der Waals surface area contributed by atoms with Crippen LogP contribution < -0.4 is 0 Å². The predicted octanol–water partition coefficient (Wildman–Crippen LogP) is 2.31. The van der Waals surface area contributed by atoms with Crippen molar-refractivity contribution in [1.82, 2.24) is 4.90 Å². The minimum absolute atomic E-state index is 0.129. The second-order valence-corrected chi connectivity index (χ2v) is 5.13. The molecule has 5 heteroatoms. The molecule has 0 unspecified atom stereocenters. The van der Waals surface area contributed by atoms with Crippen LogP contribution in [0.4, 0.5) is 0 Å². The lowest BCUT2D eigenvalue weighted by molar-refractivity contribution is -0.145. The third-order valence-electron chi connectivity index (χ3n) is 2.55. The molecular weight excluding hydrogens is 298 g/mol. The molecule has 1 aromatic rings. The smallest absolute Gasteiger partial charge is 0.323 e. The Morgan fingerprint density at radius 2 is 1.94 bits per heavy atom. The first-order valence-corrected chi connectivity index (χ1v) is 6.45. The van der Waals surface area contributed by atoms with E-state index in [2.05, 4.69) is 15.9 Å². The first kappa shape index (κ1) is 14.7. The van der Waals surface area contributed by atoms with E-state index in [0.717, 1.165) is 10.0 Å². The Bertz CT molecular complexity index is 446. The van der Waals surface area contributed by atoms with Crippen molar-refractivity contribution in [3.8, 4) is 0 Å². The Morgan fingerprint density at radius 1 is 1.33 bits per heavy atom. The van der Waals surface area contributed by atoms with Crippen molar-refractivity contribution in [3.63, 3.8) is 0 Å². The molecule has 98 valence electrons. The largest absolute Gasteiger partial charge is 0.480 e. The number of nitrogens with zero attached hydrogens (tertiary/aromatic N) is 1. The number of rotatable bonds is 5. The van der Waals surface area contributed by atoms with Crippen molar-refractivity contribution in [2.45, 2.75) is 26.3 Å². The van der Waals surface area contributed by atoms with E-state index < -0.39 is 5.97 Å². The molecular formula is C13H16BrNO3. The maximum absolute atomic E-state index is 12.1. The Labute approximate surface area is 115 Å². The first-order chi connectivity index (χ1) is 8.41. The van der Waals surface area contributed by atoms with Crippen LogP contribution in [0.1, 0.15) is 19.4 Å².